The highest BCUT2D eigenvalue weighted by molar-refractivity contribution is 14.1. The zero-order valence-electron chi connectivity index (χ0n) is 9.16. The molecular weight excluding hydrogens is 369 g/mol. The van der Waals surface area contributed by atoms with E-state index in [1.54, 1.807) is 0 Å². The molecule has 3 heterocycles. The number of hydrogen-bond acceptors (Lipinski definition) is 7. The molecule has 0 aliphatic carbocycles. The summed E-state index contributed by atoms with van der Waals surface area (Å²) in [4.78, 5) is 18.6. The lowest BCUT2D eigenvalue weighted by Gasteiger charge is -2.00. The number of alkyl halides is 1. The molecule has 0 fully saturated rings. The van der Waals surface area contributed by atoms with E-state index in [9.17, 15) is 4.79 Å². The quantitative estimate of drug-likeness (QED) is 0.474. The Bertz CT molecular complexity index is 662. The Kier molecular flexibility index (Phi) is 2.89. The van der Waals surface area contributed by atoms with Gasteiger partial charge in [0.05, 0.1) is 0 Å². The van der Waals surface area contributed by atoms with E-state index in [1.165, 1.54) is 12.5 Å². The third kappa shape index (κ3) is 2.28. The van der Waals surface area contributed by atoms with E-state index < -0.39 is 5.97 Å². The van der Waals surface area contributed by atoms with Gasteiger partial charge >= 0.3 is 5.97 Å². The second-order valence-corrected chi connectivity index (χ2v) is 4.64. The third-order valence-electron chi connectivity index (χ3n) is 2.25. The minimum atomic E-state index is -1.17. The molecule has 1 atom stereocenters. The summed E-state index contributed by atoms with van der Waals surface area (Å²) < 4.78 is 15.3. The van der Waals surface area contributed by atoms with E-state index >= 15 is 0 Å². The number of carboxylic acid groups (broad SMARTS) is 1. The first-order valence-corrected chi connectivity index (χ1v) is 6.29. The average Bonchev–Trinajstić information content (AvgIpc) is 3.07. The van der Waals surface area contributed by atoms with Gasteiger partial charge in [-0.15, -0.1) is 0 Å². The van der Waals surface area contributed by atoms with Gasteiger partial charge in [-0.25, -0.2) is 14.8 Å². The van der Waals surface area contributed by atoms with Gasteiger partial charge in [0.15, 0.2) is 11.4 Å². The van der Waals surface area contributed by atoms with Crippen LogP contribution in [0.25, 0.3) is 17.3 Å². The molecule has 0 aromatic carbocycles. The molecule has 0 spiro atoms. The number of carboxylic acids is 1. The second-order valence-electron chi connectivity index (χ2n) is 3.51. The molecule has 98 valence electrons. The minimum Gasteiger partial charge on any atom is -0.476 e. The fraction of sp³-hybridized carbons (Fsp3) is 0.100. The fourth-order valence-electron chi connectivity index (χ4n) is 1.42. The zero-order valence-corrected chi connectivity index (χ0v) is 11.3. The second kappa shape index (κ2) is 4.57. The number of hydrogen-bond donors (Lipinski definition) is 2. The summed E-state index contributed by atoms with van der Waals surface area (Å²) in [6.45, 7) is 0. The SMILES string of the molecule is O=C(O)c1coc(-c2coc(C3=COC(I)N3)n2)n1. The van der Waals surface area contributed by atoms with Crippen molar-refractivity contribution in [2.75, 3.05) is 0 Å². The van der Waals surface area contributed by atoms with Crippen molar-refractivity contribution in [3.05, 3.63) is 30.4 Å². The topological polar surface area (TPSA) is 111 Å². The number of ether oxygens (including phenoxy) is 1. The highest BCUT2D eigenvalue weighted by atomic mass is 127. The average molecular weight is 375 g/mol. The number of aromatic carboxylic acids is 1. The maximum atomic E-state index is 10.7. The van der Waals surface area contributed by atoms with Crippen molar-refractivity contribution in [2.24, 2.45) is 0 Å². The number of halogens is 1. The van der Waals surface area contributed by atoms with E-state index in [4.69, 9.17) is 18.7 Å². The van der Waals surface area contributed by atoms with E-state index in [1.807, 2.05) is 0 Å². The first kappa shape index (κ1) is 12.0. The van der Waals surface area contributed by atoms with Crippen LogP contribution in [0.1, 0.15) is 16.4 Å². The molecule has 19 heavy (non-hydrogen) atoms. The number of rotatable bonds is 3. The van der Waals surface area contributed by atoms with Gasteiger partial charge in [-0.2, -0.15) is 0 Å². The summed E-state index contributed by atoms with van der Waals surface area (Å²) >= 11 is 2.05. The van der Waals surface area contributed by atoms with Crippen molar-refractivity contribution in [2.45, 2.75) is 4.23 Å². The molecule has 3 rings (SSSR count). The predicted octanol–water partition coefficient (Wildman–Crippen LogP) is 1.66. The van der Waals surface area contributed by atoms with Crippen LogP contribution in [0.4, 0.5) is 0 Å². The van der Waals surface area contributed by atoms with Crippen LogP contribution in [-0.4, -0.2) is 25.3 Å². The van der Waals surface area contributed by atoms with Crippen LogP contribution >= 0.6 is 22.6 Å². The normalized spacial score (nSPS) is 17.7. The molecule has 0 saturated heterocycles. The lowest BCUT2D eigenvalue weighted by molar-refractivity contribution is 0.0690. The standard InChI is InChI=1S/C10H6IN3O5/c11-10-14-5(2-19-10)8-12-4(1-17-8)7-13-6(3-18-7)9(15)16/h1-3,10,14H,(H,15,16). The Morgan fingerprint density at radius 1 is 1.32 bits per heavy atom. The Morgan fingerprint density at radius 3 is 2.74 bits per heavy atom. The van der Waals surface area contributed by atoms with Crippen molar-refractivity contribution >= 4 is 34.3 Å². The first-order valence-electron chi connectivity index (χ1n) is 5.05. The van der Waals surface area contributed by atoms with Crippen LogP contribution in [0.3, 0.4) is 0 Å². The van der Waals surface area contributed by atoms with Crippen LogP contribution < -0.4 is 5.32 Å². The van der Waals surface area contributed by atoms with Gasteiger partial charge in [0.1, 0.15) is 24.5 Å². The van der Waals surface area contributed by atoms with Crippen LogP contribution in [0.15, 0.2) is 27.6 Å². The highest BCUT2D eigenvalue weighted by Gasteiger charge is 2.21. The molecule has 0 bridgehead atoms. The van der Waals surface area contributed by atoms with Gasteiger partial charge < -0.3 is 24.0 Å². The Labute approximate surface area is 119 Å². The Balaban J connectivity index is 1.86. The molecular formula is C10H6IN3O5. The van der Waals surface area contributed by atoms with Crippen molar-refractivity contribution in [3.63, 3.8) is 0 Å². The summed E-state index contributed by atoms with van der Waals surface area (Å²) in [5, 5.41) is 11.7. The molecule has 1 aliphatic rings. The number of oxazole rings is 2. The van der Waals surface area contributed by atoms with Crippen LogP contribution in [-0.2, 0) is 4.74 Å². The Hall–Kier alpha value is -2.04. The fourth-order valence-corrected chi connectivity index (χ4v) is 1.90. The number of carbonyl (C=O) groups is 1. The van der Waals surface area contributed by atoms with Crippen LogP contribution in [0.5, 0.6) is 0 Å². The first-order chi connectivity index (χ1) is 9.13. The van der Waals surface area contributed by atoms with Gasteiger partial charge in [-0.1, -0.05) is 0 Å². The summed E-state index contributed by atoms with van der Waals surface area (Å²) in [7, 11) is 0. The van der Waals surface area contributed by atoms with E-state index in [0.717, 1.165) is 6.26 Å². The van der Waals surface area contributed by atoms with E-state index in [0.29, 0.717) is 17.3 Å². The molecule has 0 saturated carbocycles. The van der Waals surface area contributed by atoms with Gasteiger partial charge in [-0.05, 0) is 22.6 Å². The molecule has 1 aliphatic heterocycles. The third-order valence-corrected chi connectivity index (χ3v) is 2.86. The van der Waals surface area contributed by atoms with E-state index in [-0.39, 0.29) is 15.8 Å². The molecule has 0 amide bonds. The number of nitrogens with one attached hydrogen (secondary N) is 1. The molecule has 9 heteroatoms. The van der Waals surface area contributed by atoms with Crippen molar-refractivity contribution in [3.8, 4) is 11.6 Å². The molecule has 1 unspecified atom stereocenters. The summed E-state index contributed by atoms with van der Waals surface area (Å²) in [5.41, 5.74) is 0.714. The van der Waals surface area contributed by atoms with Gasteiger partial charge in [0.2, 0.25) is 16.0 Å². The minimum absolute atomic E-state index is 0.0814. The molecule has 8 nitrogen and oxygen atoms in total. The van der Waals surface area contributed by atoms with Gasteiger partial charge in [0, 0.05) is 0 Å². The molecule has 2 N–H and O–H groups in total. The maximum Gasteiger partial charge on any atom is 0.357 e. The largest absolute Gasteiger partial charge is 0.476 e. The highest BCUT2D eigenvalue weighted by Crippen LogP contribution is 2.24. The van der Waals surface area contributed by atoms with Crippen molar-refractivity contribution < 1.29 is 23.5 Å². The van der Waals surface area contributed by atoms with Crippen LogP contribution in [0, 0.1) is 0 Å². The monoisotopic (exact) mass is 375 g/mol. The number of nitrogens with zero attached hydrogens (tertiary/aromatic N) is 2. The summed E-state index contributed by atoms with van der Waals surface area (Å²) in [6.07, 6.45) is 3.86. The lowest BCUT2D eigenvalue weighted by atomic mass is 10.4. The maximum absolute atomic E-state index is 10.7. The Morgan fingerprint density at radius 2 is 2.11 bits per heavy atom. The molecule has 0 radical (unpaired) electrons. The van der Waals surface area contributed by atoms with E-state index in [2.05, 4.69) is 37.9 Å². The molecule has 2 aromatic rings. The number of aromatic nitrogens is 2. The van der Waals surface area contributed by atoms with Crippen molar-refractivity contribution in [1.82, 2.24) is 15.3 Å². The summed E-state index contributed by atoms with van der Waals surface area (Å²) in [6, 6.07) is 0. The van der Waals surface area contributed by atoms with Gasteiger partial charge in [0.25, 0.3) is 0 Å². The van der Waals surface area contributed by atoms with Crippen LogP contribution in [0.2, 0.25) is 0 Å². The lowest BCUT2D eigenvalue weighted by Crippen LogP contribution is -2.15. The van der Waals surface area contributed by atoms with Gasteiger partial charge in [-0.3, -0.25) is 0 Å². The molecule has 2 aromatic heterocycles. The zero-order chi connectivity index (χ0) is 13.4. The predicted molar refractivity (Wildman–Crippen MR) is 69.0 cm³/mol. The van der Waals surface area contributed by atoms with Crippen molar-refractivity contribution in [1.29, 1.82) is 0 Å². The summed E-state index contributed by atoms with van der Waals surface area (Å²) in [5.74, 6) is -0.776. The smallest absolute Gasteiger partial charge is 0.357 e.